The van der Waals surface area contributed by atoms with Crippen LogP contribution in [0, 0.1) is 39.4 Å². The minimum atomic E-state index is -0.161. The standard InChI is InChI=1S/C21H36O2/c1-18(2)11-14(22)12-20(5)15(18)8-9-21-10-13(6-7-16(20)21)19(3,4)17(21)23/h13-17,22-23H,6-12H2,1-5H3/t13-,14-,15-,16+,17+,20-,21-/m1/s1. The molecule has 7 atom stereocenters. The van der Waals surface area contributed by atoms with Crippen LogP contribution >= 0.6 is 0 Å². The quantitative estimate of drug-likeness (QED) is 0.695. The molecule has 0 unspecified atom stereocenters. The molecule has 1 spiro atoms. The summed E-state index contributed by atoms with van der Waals surface area (Å²) in [6, 6.07) is 0. The van der Waals surface area contributed by atoms with E-state index in [0.717, 1.165) is 12.8 Å². The van der Waals surface area contributed by atoms with Crippen molar-refractivity contribution in [1.29, 1.82) is 0 Å². The smallest absolute Gasteiger partial charge is 0.0652 e. The first-order valence-electron chi connectivity index (χ1n) is 9.90. The van der Waals surface area contributed by atoms with Crippen LogP contribution in [-0.4, -0.2) is 22.4 Å². The van der Waals surface area contributed by atoms with Gasteiger partial charge in [-0.05, 0) is 78.9 Å². The summed E-state index contributed by atoms with van der Waals surface area (Å²) in [7, 11) is 0. The van der Waals surface area contributed by atoms with Crippen LogP contribution in [0.1, 0.15) is 79.6 Å². The van der Waals surface area contributed by atoms with Crippen molar-refractivity contribution in [3.8, 4) is 0 Å². The Balaban J connectivity index is 1.78. The summed E-state index contributed by atoms with van der Waals surface area (Å²) in [6.07, 6.45) is 7.79. The lowest BCUT2D eigenvalue weighted by atomic mass is 9.40. The van der Waals surface area contributed by atoms with Gasteiger partial charge in [0.15, 0.2) is 0 Å². The van der Waals surface area contributed by atoms with E-state index in [1.54, 1.807) is 0 Å². The maximum Gasteiger partial charge on any atom is 0.0652 e. The van der Waals surface area contributed by atoms with Gasteiger partial charge >= 0.3 is 0 Å². The van der Waals surface area contributed by atoms with Crippen molar-refractivity contribution in [2.75, 3.05) is 0 Å². The van der Waals surface area contributed by atoms with Crippen molar-refractivity contribution in [1.82, 2.24) is 0 Å². The minimum absolute atomic E-state index is 0.0702. The van der Waals surface area contributed by atoms with Gasteiger partial charge in [0, 0.05) is 5.41 Å². The molecule has 23 heavy (non-hydrogen) atoms. The summed E-state index contributed by atoms with van der Waals surface area (Å²) in [5, 5.41) is 22.0. The number of hydrogen-bond donors (Lipinski definition) is 2. The highest BCUT2D eigenvalue weighted by Crippen LogP contribution is 2.74. The van der Waals surface area contributed by atoms with Crippen molar-refractivity contribution in [3.63, 3.8) is 0 Å². The van der Waals surface area contributed by atoms with Crippen molar-refractivity contribution in [2.24, 2.45) is 39.4 Å². The van der Waals surface area contributed by atoms with Gasteiger partial charge in [-0.2, -0.15) is 0 Å². The zero-order valence-corrected chi connectivity index (χ0v) is 15.7. The molecule has 132 valence electrons. The van der Waals surface area contributed by atoms with E-state index >= 15 is 0 Å². The van der Waals surface area contributed by atoms with E-state index in [-0.39, 0.29) is 33.9 Å². The van der Waals surface area contributed by atoms with Gasteiger partial charge in [-0.25, -0.2) is 0 Å². The first kappa shape index (κ1) is 16.4. The lowest BCUT2D eigenvalue weighted by molar-refractivity contribution is -0.193. The Morgan fingerprint density at radius 3 is 2.17 bits per heavy atom. The van der Waals surface area contributed by atoms with Crippen LogP contribution in [0.5, 0.6) is 0 Å². The highest BCUT2D eigenvalue weighted by Gasteiger charge is 2.69. The molecule has 0 aromatic carbocycles. The van der Waals surface area contributed by atoms with Gasteiger partial charge in [0.1, 0.15) is 0 Å². The maximum absolute atomic E-state index is 11.4. The lowest BCUT2D eigenvalue weighted by Crippen LogP contribution is -2.60. The maximum atomic E-state index is 11.4. The second-order valence-corrected chi connectivity index (χ2v) is 11.1. The molecule has 0 aromatic rings. The van der Waals surface area contributed by atoms with Crippen LogP contribution in [0.3, 0.4) is 0 Å². The van der Waals surface area contributed by atoms with Crippen LogP contribution in [0.15, 0.2) is 0 Å². The van der Waals surface area contributed by atoms with Crippen LogP contribution < -0.4 is 0 Å². The zero-order chi connectivity index (χ0) is 16.8. The average molecular weight is 321 g/mol. The summed E-state index contributed by atoms with van der Waals surface area (Å²) in [4.78, 5) is 0. The van der Waals surface area contributed by atoms with E-state index in [4.69, 9.17) is 0 Å². The molecule has 2 N–H and O–H groups in total. The third-order valence-corrected chi connectivity index (χ3v) is 9.30. The minimum Gasteiger partial charge on any atom is -0.393 e. The van der Waals surface area contributed by atoms with Gasteiger partial charge in [0.25, 0.3) is 0 Å². The molecule has 0 heterocycles. The molecule has 2 nitrogen and oxygen atoms in total. The molecule has 0 saturated heterocycles. The van der Waals surface area contributed by atoms with Crippen molar-refractivity contribution in [2.45, 2.75) is 91.8 Å². The second kappa shape index (κ2) is 4.55. The Morgan fingerprint density at radius 2 is 1.48 bits per heavy atom. The highest BCUT2D eigenvalue weighted by atomic mass is 16.3. The average Bonchev–Trinajstić information content (AvgIpc) is 2.55. The van der Waals surface area contributed by atoms with E-state index in [1.165, 1.54) is 32.1 Å². The van der Waals surface area contributed by atoms with Crippen LogP contribution in [0.4, 0.5) is 0 Å². The molecule has 0 amide bonds. The third kappa shape index (κ3) is 1.89. The Bertz CT molecular complexity index is 510. The van der Waals surface area contributed by atoms with E-state index in [1.807, 2.05) is 0 Å². The number of fused-ring (bicyclic) bond motifs is 3. The predicted octanol–water partition coefficient (Wildman–Crippen LogP) is 4.39. The summed E-state index contributed by atoms with van der Waals surface area (Å²) in [5.74, 6) is 1.98. The Hall–Kier alpha value is -0.0800. The van der Waals surface area contributed by atoms with Gasteiger partial charge < -0.3 is 10.2 Å². The highest BCUT2D eigenvalue weighted by molar-refractivity contribution is 5.18. The fraction of sp³-hybridized carbons (Fsp3) is 1.00. The molecule has 4 aliphatic rings. The molecule has 4 fully saturated rings. The Kier molecular flexibility index (Phi) is 3.24. The molecule has 2 heteroatoms. The predicted molar refractivity (Wildman–Crippen MR) is 92.9 cm³/mol. The summed E-state index contributed by atoms with van der Waals surface area (Å²) in [5.41, 5.74) is 0.626. The van der Waals surface area contributed by atoms with E-state index in [9.17, 15) is 10.2 Å². The molecule has 0 radical (unpaired) electrons. The zero-order valence-electron chi connectivity index (χ0n) is 15.7. The number of aliphatic hydroxyl groups is 2. The van der Waals surface area contributed by atoms with Gasteiger partial charge in [0.2, 0.25) is 0 Å². The monoisotopic (exact) mass is 320 g/mol. The second-order valence-electron chi connectivity index (χ2n) is 11.1. The van der Waals surface area contributed by atoms with Crippen molar-refractivity contribution in [3.05, 3.63) is 0 Å². The van der Waals surface area contributed by atoms with E-state index in [0.29, 0.717) is 17.8 Å². The summed E-state index contributed by atoms with van der Waals surface area (Å²) < 4.78 is 0. The molecule has 4 saturated carbocycles. The van der Waals surface area contributed by atoms with Crippen molar-refractivity contribution < 1.29 is 10.2 Å². The van der Waals surface area contributed by atoms with E-state index < -0.39 is 0 Å². The number of hydrogen-bond acceptors (Lipinski definition) is 2. The first-order chi connectivity index (χ1) is 10.5. The molecule has 2 bridgehead atoms. The van der Waals surface area contributed by atoms with Crippen LogP contribution in [-0.2, 0) is 0 Å². The van der Waals surface area contributed by atoms with Crippen molar-refractivity contribution >= 4 is 0 Å². The summed E-state index contributed by atoms with van der Waals surface area (Å²) >= 11 is 0. The molecule has 4 aliphatic carbocycles. The van der Waals surface area contributed by atoms with Gasteiger partial charge in [-0.3, -0.25) is 0 Å². The van der Waals surface area contributed by atoms with E-state index in [2.05, 4.69) is 34.6 Å². The largest absolute Gasteiger partial charge is 0.393 e. The number of aliphatic hydroxyl groups excluding tert-OH is 2. The Morgan fingerprint density at radius 1 is 0.783 bits per heavy atom. The Labute approximate surface area is 142 Å². The lowest BCUT2D eigenvalue weighted by Gasteiger charge is -2.65. The number of rotatable bonds is 0. The van der Waals surface area contributed by atoms with Gasteiger partial charge in [-0.1, -0.05) is 34.6 Å². The third-order valence-electron chi connectivity index (χ3n) is 9.30. The molecule has 0 aliphatic heterocycles. The molecule has 0 aromatic heterocycles. The van der Waals surface area contributed by atoms with Crippen LogP contribution in [0.2, 0.25) is 0 Å². The fourth-order valence-corrected chi connectivity index (χ4v) is 8.54. The fourth-order valence-electron chi connectivity index (χ4n) is 8.54. The molecular formula is C21H36O2. The topological polar surface area (TPSA) is 40.5 Å². The SMILES string of the molecule is CC1(C)C[C@@H](O)C[C@]2(C)[C@@H]1CC[C@@]13C[C@@H](CC[C@@H]21)C(C)(C)[C@@H]3O. The normalized spacial score (nSPS) is 56.7. The molecule has 4 rings (SSSR count). The van der Waals surface area contributed by atoms with Gasteiger partial charge in [0.05, 0.1) is 12.2 Å². The van der Waals surface area contributed by atoms with Gasteiger partial charge in [-0.15, -0.1) is 0 Å². The molecular weight excluding hydrogens is 284 g/mol. The van der Waals surface area contributed by atoms with Crippen LogP contribution in [0.25, 0.3) is 0 Å². The first-order valence-corrected chi connectivity index (χ1v) is 9.90. The summed E-state index contributed by atoms with van der Waals surface area (Å²) in [6.45, 7) is 11.8.